The highest BCUT2D eigenvalue weighted by atomic mass is 16.6. The minimum atomic E-state index is -0.976. The van der Waals surface area contributed by atoms with Crippen molar-refractivity contribution in [1.29, 1.82) is 0 Å². The summed E-state index contributed by atoms with van der Waals surface area (Å²) in [4.78, 5) is 50.4. The molecule has 1 aliphatic heterocycles. The van der Waals surface area contributed by atoms with E-state index in [1.165, 1.54) is 12.0 Å². The van der Waals surface area contributed by atoms with Gasteiger partial charge in [0.05, 0.1) is 38.8 Å². The van der Waals surface area contributed by atoms with Crippen LogP contribution in [0.1, 0.15) is 72.5 Å². The fourth-order valence-electron chi connectivity index (χ4n) is 4.94. The lowest BCUT2D eigenvalue weighted by atomic mass is 9.85. The topological polar surface area (TPSA) is 138 Å². The molecule has 1 saturated heterocycles. The van der Waals surface area contributed by atoms with Crippen LogP contribution in [0.5, 0.6) is 17.4 Å². The average Bonchev–Trinajstić information content (AvgIpc) is 3.68. The van der Waals surface area contributed by atoms with E-state index in [-0.39, 0.29) is 18.9 Å². The first kappa shape index (κ1) is 31.1. The number of carbonyl (C=O) groups excluding carboxylic acids is 3. The Kier molecular flexibility index (Phi) is 8.75. The molecule has 2 unspecified atom stereocenters. The molecule has 2 fully saturated rings. The van der Waals surface area contributed by atoms with E-state index in [4.69, 9.17) is 33.7 Å². The van der Waals surface area contributed by atoms with Gasteiger partial charge < -0.3 is 33.9 Å². The van der Waals surface area contributed by atoms with E-state index in [0.717, 1.165) is 12.8 Å². The Labute approximate surface area is 246 Å². The van der Waals surface area contributed by atoms with E-state index >= 15 is 0 Å². The SMILES string of the molecule is COC(=O)C1C[C@@H](Oc2nc(C3CC3)nc3cc(OC)c(OC)cc23)CN1C(=O)C(NC(=O)OC(C)(C)C)C(C)(C)C. The Hall–Kier alpha value is -3.83. The molecule has 1 aromatic carbocycles. The monoisotopic (exact) mass is 586 g/mol. The number of carbonyl (C=O) groups is 3. The number of methoxy groups -OCH3 is 3. The second-order valence-corrected chi connectivity index (χ2v) is 12.8. The van der Waals surface area contributed by atoms with Crippen molar-refractivity contribution >= 4 is 28.9 Å². The standard InChI is InChI=1S/C30H42N4O8/c1-29(2,3)23(32-28(37)42-30(4,5)6)26(35)34-15-17(12-20(34)27(36)40-9)41-25-18-13-21(38-7)22(39-8)14-19(18)31-24(33-25)16-10-11-16/h13-14,16-17,20,23H,10-12,15H2,1-9H3,(H,32,37)/t17-,20?,23?/m1/s1. The molecule has 1 N–H and O–H groups in total. The van der Waals surface area contributed by atoms with Crippen molar-refractivity contribution in [3.8, 4) is 17.4 Å². The molecule has 12 heteroatoms. The van der Waals surface area contributed by atoms with Gasteiger partial charge in [-0.1, -0.05) is 20.8 Å². The summed E-state index contributed by atoms with van der Waals surface area (Å²) in [6, 6.07) is 1.66. The maximum absolute atomic E-state index is 14.0. The Morgan fingerprint density at radius 1 is 0.976 bits per heavy atom. The molecule has 12 nitrogen and oxygen atoms in total. The van der Waals surface area contributed by atoms with Crippen molar-refractivity contribution in [2.24, 2.45) is 5.41 Å². The second-order valence-electron chi connectivity index (χ2n) is 12.8. The number of hydrogen-bond donors (Lipinski definition) is 1. The molecule has 0 spiro atoms. The molecule has 1 saturated carbocycles. The average molecular weight is 587 g/mol. The molecule has 0 radical (unpaired) electrons. The lowest BCUT2D eigenvalue weighted by molar-refractivity contribution is -0.152. The molecule has 1 aliphatic carbocycles. The summed E-state index contributed by atoms with van der Waals surface area (Å²) >= 11 is 0. The van der Waals surface area contributed by atoms with Crippen LogP contribution in [0.15, 0.2) is 12.1 Å². The Bertz CT molecular complexity index is 1350. The predicted molar refractivity (Wildman–Crippen MR) is 154 cm³/mol. The van der Waals surface area contributed by atoms with Crippen molar-refractivity contribution in [3.63, 3.8) is 0 Å². The maximum Gasteiger partial charge on any atom is 0.408 e. The quantitative estimate of drug-likeness (QED) is 0.452. The van der Waals surface area contributed by atoms with Gasteiger partial charge in [-0.15, -0.1) is 0 Å². The van der Waals surface area contributed by atoms with Gasteiger partial charge in [-0.05, 0) is 45.1 Å². The maximum atomic E-state index is 14.0. The summed E-state index contributed by atoms with van der Waals surface area (Å²) < 4.78 is 27.9. The second kappa shape index (κ2) is 11.8. The van der Waals surface area contributed by atoms with Gasteiger partial charge in [0.2, 0.25) is 11.8 Å². The number of aromatic nitrogens is 2. The first-order valence-corrected chi connectivity index (χ1v) is 14.1. The van der Waals surface area contributed by atoms with Crippen LogP contribution in [0, 0.1) is 5.41 Å². The lowest BCUT2D eigenvalue weighted by Gasteiger charge is -2.35. The van der Waals surface area contributed by atoms with Crippen molar-refractivity contribution in [2.45, 2.75) is 90.5 Å². The molecule has 2 amide bonds. The van der Waals surface area contributed by atoms with E-state index in [2.05, 4.69) is 5.32 Å². The Morgan fingerprint density at radius 3 is 2.17 bits per heavy atom. The largest absolute Gasteiger partial charge is 0.493 e. The van der Waals surface area contributed by atoms with Gasteiger partial charge in [0.25, 0.3) is 0 Å². The van der Waals surface area contributed by atoms with Crippen LogP contribution in [0.4, 0.5) is 4.79 Å². The summed E-state index contributed by atoms with van der Waals surface area (Å²) in [6.45, 7) is 10.8. The summed E-state index contributed by atoms with van der Waals surface area (Å²) in [5.41, 5.74) is -0.793. The van der Waals surface area contributed by atoms with E-state index in [1.54, 1.807) is 47.1 Å². The molecule has 3 atom stereocenters. The number of alkyl carbamates (subject to hydrolysis) is 1. The zero-order valence-corrected chi connectivity index (χ0v) is 25.9. The minimum absolute atomic E-state index is 0.0821. The molecule has 2 aliphatic rings. The number of amides is 2. The highest BCUT2D eigenvalue weighted by Gasteiger charge is 2.47. The fraction of sp³-hybridized carbons (Fsp3) is 0.633. The van der Waals surface area contributed by atoms with Gasteiger partial charge in [0.1, 0.15) is 29.6 Å². The predicted octanol–water partition coefficient (Wildman–Crippen LogP) is 3.99. The Balaban J connectivity index is 1.65. The van der Waals surface area contributed by atoms with Crippen LogP contribution >= 0.6 is 0 Å². The molecular weight excluding hydrogens is 544 g/mol. The summed E-state index contributed by atoms with van der Waals surface area (Å²) in [5, 5.41) is 3.34. The third-order valence-corrected chi connectivity index (χ3v) is 7.20. The third-order valence-electron chi connectivity index (χ3n) is 7.20. The number of fused-ring (bicyclic) bond motifs is 1. The van der Waals surface area contributed by atoms with Gasteiger partial charge in [0.15, 0.2) is 11.5 Å². The number of benzene rings is 1. The van der Waals surface area contributed by atoms with E-state index < -0.39 is 47.2 Å². The number of rotatable bonds is 8. The highest BCUT2D eigenvalue weighted by Crippen LogP contribution is 2.42. The normalized spacial score (nSPS) is 19.7. The smallest absolute Gasteiger partial charge is 0.408 e. The fourth-order valence-corrected chi connectivity index (χ4v) is 4.94. The van der Waals surface area contributed by atoms with Gasteiger partial charge in [0, 0.05) is 18.4 Å². The molecule has 2 heterocycles. The molecule has 0 bridgehead atoms. The van der Waals surface area contributed by atoms with Crippen LogP contribution in [-0.2, 0) is 19.1 Å². The summed E-state index contributed by atoms with van der Waals surface area (Å²) in [7, 11) is 4.38. The van der Waals surface area contributed by atoms with E-state index in [0.29, 0.717) is 34.1 Å². The summed E-state index contributed by atoms with van der Waals surface area (Å²) in [6.07, 6.45) is 0.861. The summed E-state index contributed by atoms with van der Waals surface area (Å²) in [5.74, 6) is 1.28. The van der Waals surface area contributed by atoms with Crippen molar-refractivity contribution in [3.05, 3.63) is 18.0 Å². The zero-order chi connectivity index (χ0) is 31.0. The minimum Gasteiger partial charge on any atom is -0.493 e. The van der Waals surface area contributed by atoms with Crippen LogP contribution in [0.3, 0.4) is 0 Å². The van der Waals surface area contributed by atoms with Crippen LogP contribution in [0.25, 0.3) is 10.9 Å². The number of hydrogen-bond acceptors (Lipinski definition) is 10. The molecule has 4 rings (SSSR count). The van der Waals surface area contributed by atoms with Crippen LogP contribution in [0.2, 0.25) is 0 Å². The van der Waals surface area contributed by atoms with Crippen molar-refractivity contribution in [1.82, 2.24) is 20.2 Å². The Morgan fingerprint density at radius 2 is 1.62 bits per heavy atom. The number of esters is 1. The number of ether oxygens (including phenoxy) is 5. The van der Waals surface area contributed by atoms with Crippen molar-refractivity contribution < 1.29 is 38.1 Å². The van der Waals surface area contributed by atoms with Crippen LogP contribution in [-0.4, -0.2) is 84.5 Å². The number of nitrogens with one attached hydrogen (secondary N) is 1. The van der Waals surface area contributed by atoms with E-state index in [1.807, 2.05) is 20.8 Å². The van der Waals surface area contributed by atoms with Gasteiger partial charge in [-0.3, -0.25) is 4.79 Å². The molecule has 42 heavy (non-hydrogen) atoms. The number of nitrogens with zero attached hydrogens (tertiary/aromatic N) is 3. The lowest BCUT2D eigenvalue weighted by Crippen LogP contribution is -2.57. The van der Waals surface area contributed by atoms with Crippen molar-refractivity contribution in [2.75, 3.05) is 27.9 Å². The van der Waals surface area contributed by atoms with E-state index in [9.17, 15) is 14.4 Å². The number of likely N-dealkylation sites (tertiary alicyclic amines) is 1. The molecule has 230 valence electrons. The first-order chi connectivity index (χ1) is 19.6. The highest BCUT2D eigenvalue weighted by molar-refractivity contribution is 5.91. The van der Waals surface area contributed by atoms with Gasteiger partial charge in [-0.2, -0.15) is 4.98 Å². The molecular formula is C30H42N4O8. The molecule has 2 aromatic rings. The first-order valence-electron chi connectivity index (χ1n) is 14.1. The molecule has 1 aromatic heterocycles. The van der Waals surface area contributed by atoms with Crippen LogP contribution < -0.4 is 19.5 Å². The van der Waals surface area contributed by atoms with Gasteiger partial charge in [-0.25, -0.2) is 14.6 Å². The third kappa shape index (κ3) is 6.96. The van der Waals surface area contributed by atoms with Gasteiger partial charge >= 0.3 is 12.1 Å². The zero-order valence-electron chi connectivity index (χ0n) is 25.9.